The molecule has 0 unspecified atom stereocenters. The molecular formula is C20H17N3O2. The highest BCUT2D eigenvalue weighted by Crippen LogP contribution is 2.16. The van der Waals surface area contributed by atoms with Gasteiger partial charge in [0.25, 0.3) is 5.91 Å². The third kappa shape index (κ3) is 4.75. The Kier molecular flexibility index (Phi) is 5.16. The van der Waals surface area contributed by atoms with Gasteiger partial charge in [0.1, 0.15) is 0 Å². The van der Waals surface area contributed by atoms with Crippen LogP contribution in [0.25, 0.3) is 0 Å². The normalized spacial score (nSPS) is 10.1. The zero-order valence-corrected chi connectivity index (χ0v) is 13.5. The molecule has 0 aliphatic carbocycles. The van der Waals surface area contributed by atoms with E-state index in [9.17, 15) is 9.59 Å². The molecule has 0 saturated heterocycles. The number of amides is 2. The maximum Gasteiger partial charge on any atom is 0.255 e. The molecule has 0 fully saturated rings. The molecule has 1 heterocycles. The van der Waals surface area contributed by atoms with Crippen LogP contribution in [0.2, 0.25) is 0 Å². The minimum atomic E-state index is -0.227. The molecule has 5 nitrogen and oxygen atoms in total. The quantitative estimate of drug-likeness (QED) is 0.751. The molecule has 0 aliphatic rings. The van der Waals surface area contributed by atoms with E-state index in [2.05, 4.69) is 15.6 Å². The fourth-order valence-corrected chi connectivity index (χ4v) is 2.37. The van der Waals surface area contributed by atoms with Crippen LogP contribution in [0.1, 0.15) is 15.9 Å². The highest BCUT2D eigenvalue weighted by atomic mass is 16.2. The van der Waals surface area contributed by atoms with Crippen LogP contribution in [0.4, 0.5) is 11.4 Å². The van der Waals surface area contributed by atoms with E-state index >= 15 is 0 Å². The predicted octanol–water partition coefficient (Wildman–Crippen LogP) is 3.52. The monoisotopic (exact) mass is 331 g/mol. The van der Waals surface area contributed by atoms with Crippen molar-refractivity contribution in [1.29, 1.82) is 0 Å². The van der Waals surface area contributed by atoms with Gasteiger partial charge in [0.2, 0.25) is 5.91 Å². The van der Waals surface area contributed by atoms with Crippen LogP contribution in [-0.2, 0) is 11.2 Å². The summed E-state index contributed by atoms with van der Waals surface area (Å²) < 4.78 is 0. The molecule has 2 amide bonds. The van der Waals surface area contributed by atoms with Crippen LogP contribution >= 0.6 is 0 Å². The van der Waals surface area contributed by atoms with Gasteiger partial charge >= 0.3 is 0 Å². The van der Waals surface area contributed by atoms with E-state index in [1.807, 2.05) is 30.3 Å². The lowest BCUT2D eigenvalue weighted by molar-refractivity contribution is -0.115. The molecule has 2 N–H and O–H groups in total. The van der Waals surface area contributed by atoms with Crippen molar-refractivity contribution in [1.82, 2.24) is 4.98 Å². The summed E-state index contributed by atoms with van der Waals surface area (Å²) in [5.41, 5.74) is 2.71. The first-order chi connectivity index (χ1) is 12.2. The van der Waals surface area contributed by atoms with Crippen molar-refractivity contribution >= 4 is 23.2 Å². The number of aromatic nitrogens is 1. The van der Waals surface area contributed by atoms with Gasteiger partial charge in [-0.15, -0.1) is 0 Å². The lowest BCUT2D eigenvalue weighted by Crippen LogP contribution is -2.15. The summed E-state index contributed by atoms with van der Waals surface area (Å²) >= 11 is 0. The summed E-state index contributed by atoms with van der Waals surface area (Å²) in [4.78, 5) is 28.2. The highest BCUT2D eigenvalue weighted by molar-refractivity contribution is 6.04. The van der Waals surface area contributed by atoms with Crippen LogP contribution in [0, 0.1) is 0 Å². The van der Waals surface area contributed by atoms with Gasteiger partial charge in [-0.05, 0) is 35.9 Å². The Bertz CT molecular complexity index is 864. The minimum Gasteiger partial charge on any atom is -0.326 e. The maximum atomic E-state index is 12.2. The number of pyridine rings is 1. The molecular weight excluding hydrogens is 314 g/mol. The van der Waals surface area contributed by atoms with E-state index in [0.29, 0.717) is 23.4 Å². The number of anilines is 2. The van der Waals surface area contributed by atoms with E-state index in [0.717, 1.165) is 5.56 Å². The van der Waals surface area contributed by atoms with E-state index < -0.39 is 0 Å². The first-order valence-corrected chi connectivity index (χ1v) is 7.86. The molecule has 5 heteroatoms. The lowest BCUT2D eigenvalue weighted by Gasteiger charge is -2.09. The topological polar surface area (TPSA) is 71.1 Å². The van der Waals surface area contributed by atoms with Crippen LogP contribution < -0.4 is 10.6 Å². The van der Waals surface area contributed by atoms with Crippen LogP contribution in [0.5, 0.6) is 0 Å². The molecule has 0 saturated carbocycles. The van der Waals surface area contributed by atoms with Crippen molar-refractivity contribution in [3.05, 3.63) is 90.3 Å². The molecule has 0 atom stereocenters. The second kappa shape index (κ2) is 7.88. The van der Waals surface area contributed by atoms with Crippen molar-refractivity contribution in [2.75, 3.05) is 10.6 Å². The van der Waals surface area contributed by atoms with Gasteiger partial charge < -0.3 is 10.6 Å². The molecule has 1 aromatic heterocycles. The van der Waals surface area contributed by atoms with Gasteiger partial charge in [-0.2, -0.15) is 0 Å². The van der Waals surface area contributed by atoms with E-state index in [1.165, 1.54) is 0 Å². The molecule has 0 spiro atoms. The average molecular weight is 331 g/mol. The van der Waals surface area contributed by atoms with Crippen molar-refractivity contribution in [2.45, 2.75) is 6.42 Å². The zero-order valence-electron chi connectivity index (χ0n) is 13.5. The van der Waals surface area contributed by atoms with Crippen molar-refractivity contribution in [3.8, 4) is 0 Å². The molecule has 3 aromatic rings. The molecule has 25 heavy (non-hydrogen) atoms. The Morgan fingerprint density at radius 1 is 0.800 bits per heavy atom. The standard InChI is InChI=1S/C20H17N3O2/c24-19(13-15-5-2-1-3-6-15)22-17-7-4-8-18(14-17)23-20(25)16-9-11-21-12-10-16/h1-12,14H,13H2,(H,22,24)(H,23,25). The second-order valence-corrected chi connectivity index (χ2v) is 5.48. The smallest absolute Gasteiger partial charge is 0.255 e. The van der Waals surface area contributed by atoms with Crippen LogP contribution in [0.3, 0.4) is 0 Å². The van der Waals surface area contributed by atoms with Gasteiger partial charge in [-0.1, -0.05) is 36.4 Å². The number of nitrogens with one attached hydrogen (secondary N) is 2. The molecule has 3 rings (SSSR count). The number of hydrogen-bond acceptors (Lipinski definition) is 3. The fourth-order valence-electron chi connectivity index (χ4n) is 2.37. The Hall–Kier alpha value is -3.47. The predicted molar refractivity (Wildman–Crippen MR) is 97.4 cm³/mol. The number of benzene rings is 2. The summed E-state index contributed by atoms with van der Waals surface area (Å²) in [6.45, 7) is 0. The number of rotatable bonds is 5. The number of hydrogen-bond donors (Lipinski definition) is 2. The summed E-state index contributed by atoms with van der Waals surface area (Å²) in [7, 11) is 0. The van der Waals surface area contributed by atoms with Gasteiger partial charge in [0, 0.05) is 29.3 Å². The molecule has 0 bridgehead atoms. The van der Waals surface area contributed by atoms with Gasteiger partial charge in [0.05, 0.1) is 6.42 Å². The Morgan fingerprint density at radius 2 is 1.48 bits per heavy atom. The summed E-state index contributed by atoms with van der Waals surface area (Å²) in [6.07, 6.45) is 3.43. The van der Waals surface area contributed by atoms with Crippen LogP contribution in [-0.4, -0.2) is 16.8 Å². The number of nitrogens with zero attached hydrogens (tertiary/aromatic N) is 1. The zero-order chi connectivity index (χ0) is 17.5. The minimum absolute atomic E-state index is 0.108. The summed E-state index contributed by atoms with van der Waals surface area (Å²) in [6, 6.07) is 19.9. The maximum absolute atomic E-state index is 12.2. The average Bonchev–Trinajstić information content (AvgIpc) is 2.63. The van der Waals surface area contributed by atoms with Crippen molar-refractivity contribution < 1.29 is 9.59 Å². The Labute approximate surface area is 145 Å². The molecule has 124 valence electrons. The SMILES string of the molecule is O=C(Cc1ccccc1)Nc1cccc(NC(=O)c2ccncc2)c1. The Balaban J connectivity index is 1.63. The van der Waals surface area contributed by atoms with Crippen LogP contribution in [0.15, 0.2) is 79.1 Å². The van der Waals surface area contributed by atoms with E-state index in [-0.39, 0.29) is 11.8 Å². The molecule has 2 aromatic carbocycles. The third-order valence-corrected chi connectivity index (χ3v) is 3.55. The second-order valence-electron chi connectivity index (χ2n) is 5.48. The number of carbonyl (C=O) groups is 2. The fraction of sp³-hybridized carbons (Fsp3) is 0.0500. The summed E-state index contributed by atoms with van der Waals surface area (Å²) in [5, 5.41) is 5.65. The summed E-state index contributed by atoms with van der Waals surface area (Å²) in [5.74, 6) is -0.334. The van der Waals surface area contributed by atoms with Gasteiger partial charge in [-0.3, -0.25) is 14.6 Å². The first-order valence-electron chi connectivity index (χ1n) is 7.86. The first kappa shape index (κ1) is 16.4. The molecule has 0 aliphatic heterocycles. The Morgan fingerprint density at radius 3 is 2.20 bits per heavy atom. The van der Waals surface area contributed by atoms with Crippen molar-refractivity contribution in [2.24, 2.45) is 0 Å². The van der Waals surface area contributed by atoms with Crippen molar-refractivity contribution in [3.63, 3.8) is 0 Å². The van der Waals surface area contributed by atoms with Gasteiger partial charge in [-0.25, -0.2) is 0 Å². The van der Waals surface area contributed by atoms with Gasteiger partial charge in [0.15, 0.2) is 0 Å². The highest BCUT2D eigenvalue weighted by Gasteiger charge is 2.07. The molecule has 0 radical (unpaired) electrons. The largest absolute Gasteiger partial charge is 0.326 e. The number of carbonyl (C=O) groups excluding carboxylic acids is 2. The van der Waals surface area contributed by atoms with E-state index in [4.69, 9.17) is 0 Å². The van der Waals surface area contributed by atoms with E-state index in [1.54, 1.807) is 48.8 Å². The third-order valence-electron chi connectivity index (χ3n) is 3.55. The lowest BCUT2D eigenvalue weighted by atomic mass is 10.1.